The van der Waals surface area contributed by atoms with Gasteiger partial charge in [-0.25, -0.2) is 17.5 Å². The van der Waals surface area contributed by atoms with Gasteiger partial charge in [-0.2, -0.15) is 18.3 Å². The second-order valence-electron chi connectivity index (χ2n) is 5.65. The first-order valence-corrected chi connectivity index (χ1v) is 9.84. The molecule has 0 aliphatic heterocycles. The van der Waals surface area contributed by atoms with Crippen LogP contribution in [0.1, 0.15) is 16.1 Å². The summed E-state index contributed by atoms with van der Waals surface area (Å²) in [6, 6.07) is 7.44. The molecule has 3 rings (SSSR count). The summed E-state index contributed by atoms with van der Waals surface area (Å²) in [4.78, 5) is 0.663. The van der Waals surface area contributed by atoms with E-state index in [9.17, 15) is 26.0 Å². The van der Waals surface area contributed by atoms with Gasteiger partial charge in [0, 0.05) is 11.4 Å². The molecule has 0 amide bonds. The number of halogens is 4. The van der Waals surface area contributed by atoms with Crippen molar-refractivity contribution in [3.05, 3.63) is 58.3 Å². The van der Waals surface area contributed by atoms with E-state index in [2.05, 4.69) is 9.82 Å². The molecular formula is C16H13F4N3O2S2. The Hall–Kier alpha value is -2.24. The number of thiophene rings is 1. The molecule has 2 heterocycles. The van der Waals surface area contributed by atoms with Crippen LogP contribution in [0.15, 0.2) is 41.3 Å². The topological polar surface area (TPSA) is 74.8 Å². The van der Waals surface area contributed by atoms with Crippen LogP contribution in [0.2, 0.25) is 0 Å². The zero-order valence-electron chi connectivity index (χ0n) is 13.8. The number of rotatable bonds is 5. The van der Waals surface area contributed by atoms with Gasteiger partial charge in [0.25, 0.3) is 0 Å². The lowest BCUT2D eigenvalue weighted by molar-refractivity contribution is -0.141. The van der Waals surface area contributed by atoms with E-state index >= 15 is 0 Å². The first kappa shape index (κ1) is 19.5. The minimum atomic E-state index is -4.57. The molecule has 0 radical (unpaired) electrons. The van der Waals surface area contributed by atoms with Crippen molar-refractivity contribution in [2.45, 2.75) is 24.5 Å². The number of aryl methyl sites for hydroxylation is 1. The van der Waals surface area contributed by atoms with Gasteiger partial charge in [-0.3, -0.25) is 5.10 Å². The zero-order chi connectivity index (χ0) is 19.8. The minimum absolute atomic E-state index is 0.00964. The summed E-state index contributed by atoms with van der Waals surface area (Å²) in [5.74, 6) is -0.433. The van der Waals surface area contributed by atoms with Crippen molar-refractivity contribution in [1.82, 2.24) is 14.9 Å². The molecule has 5 nitrogen and oxygen atoms in total. The van der Waals surface area contributed by atoms with Crippen LogP contribution in [0.5, 0.6) is 0 Å². The highest BCUT2D eigenvalue weighted by atomic mass is 32.2. The Morgan fingerprint density at radius 2 is 1.85 bits per heavy atom. The van der Waals surface area contributed by atoms with Crippen LogP contribution in [0.3, 0.4) is 0 Å². The maximum absolute atomic E-state index is 12.9. The number of aromatic nitrogens is 2. The number of nitrogens with zero attached hydrogens (tertiary/aromatic N) is 1. The largest absolute Gasteiger partial charge is 0.432 e. The lowest BCUT2D eigenvalue weighted by atomic mass is 10.2. The van der Waals surface area contributed by atoms with Gasteiger partial charge >= 0.3 is 6.18 Å². The van der Waals surface area contributed by atoms with E-state index in [-0.39, 0.29) is 17.1 Å². The molecule has 144 valence electrons. The standard InChI is InChI=1S/C16H13F4N3O2S2/c1-9-14(27(24,25)21-8-10-2-4-11(17)5-3-10)7-13(26-9)12-6-15(23-22-12)16(18,19)20/h2-7,21H,8H2,1H3,(H,22,23). The summed E-state index contributed by atoms with van der Waals surface area (Å²) in [5, 5.41) is 5.50. The first-order valence-electron chi connectivity index (χ1n) is 7.54. The second kappa shape index (κ2) is 7.06. The predicted molar refractivity (Wildman–Crippen MR) is 92.1 cm³/mol. The van der Waals surface area contributed by atoms with E-state index in [1.54, 1.807) is 6.92 Å². The molecule has 0 saturated carbocycles. The molecule has 2 aromatic heterocycles. The lowest BCUT2D eigenvalue weighted by Gasteiger charge is -2.06. The highest BCUT2D eigenvalue weighted by Gasteiger charge is 2.33. The van der Waals surface area contributed by atoms with Crippen molar-refractivity contribution < 1.29 is 26.0 Å². The van der Waals surface area contributed by atoms with Crippen LogP contribution in [0, 0.1) is 12.7 Å². The first-order chi connectivity index (χ1) is 12.6. The fraction of sp³-hybridized carbons (Fsp3) is 0.188. The molecule has 0 fully saturated rings. The number of H-pyrrole nitrogens is 1. The second-order valence-corrected chi connectivity index (χ2v) is 8.64. The Bertz CT molecular complexity index is 1050. The van der Waals surface area contributed by atoms with E-state index in [1.165, 1.54) is 30.3 Å². The number of alkyl halides is 3. The highest BCUT2D eigenvalue weighted by molar-refractivity contribution is 7.89. The molecule has 0 bridgehead atoms. The van der Waals surface area contributed by atoms with Gasteiger partial charge in [0.2, 0.25) is 10.0 Å². The van der Waals surface area contributed by atoms with Crippen molar-refractivity contribution in [1.29, 1.82) is 0 Å². The Morgan fingerprint density at radius 3 is 2.44 bits per heavy atom. The molecular weight excluding hydrogens is 406 g/mol. The Labute approximate surface area is 156 Å². The van der Waals surface area contributed by atoms with Gasteiger partial charge in [0.1, 0.15) is 17.2 Å². The quantitative estimate of drug-likeness (QED) is 0.612. The van der Waals surface area contributed by atoms with E-state index in [1.807, 2.05) is 5.10 Å². The van der Waals surface area contributed by atoms with Crippen LogP contribution in [0.4, 0.5) is 17.6 Å². The summed E-state index contributed by atoms with van der Waals surface area (Å²) in [6.45, 7) is 1.51. The molecule has 3 aromatic rings. The van der Waals surface area contributed by atoms with Gasteiger partial charge in [0.15, 0.2) is 0 Å². The third-order valence-corrected chi connectivity index (χ3v) is 6.41. The van der Waals surface area contributed by atoms with Crippen molar-refractivity contribution in [3.8, 4) is 10.6 Å². The molecule has 0 aliphatic rings. The average molecular weight is 419 g/mol. The van der Waals surface area contributed by atoms with Crippen molar-refractivity contribution in [2.75, 3.05) is 0 Å². The number of sulfonamides is 1. The SMILES string of the molecule is Cc1sc(-c2cc(C(F)(F)F)[nH]n2)cc1S(=O)(=O)NCc1ccc(F)cc1. The van der Waals surface area contributed by atoms with E-state index in [0.29, 0.717) is 15.3 Å². The van der Waals surface area contributed by atoms with E-state index in [0.717, 1.165) is 17.4 Å². The zero-order valence-corrected chi connectivity index (χ0v) is 15.4. The summed E-state index contributed by atoms with van der Waals surface area (Å²) in [7, 11) is -3.90. The number of hydrogen-bond donors (Lipinski definition) is 2. The molecule has 2 N–H and O–H groups in total. The van der Waals surface area contributed by atoms with Crippen LogP contribution < -0.4 is 4.72 Å². The third kappa shape index (κ3) is 4.37. The van der Waals surface area contributed by atoms with Crippen LogP contribution in [0.25, 0.3) is 10.6 Å². The van der Waals surface area contributed by atoms with Crippen molar-refractivity contribution >= 4 is 21.4 Å². The Morgan fingerprint density at radius 1 is 1.19 bits per heavy atom. The highest BCUT2D eigenvalue weighted by Crippen LogP contribution is 2.35. The molecule has 11 heteroatoms. The fourth-order valence-corrected chi connectivity index (χ4v) is 4.88. The lowest BCUT2D eigenvalue weighted by Crippen LogP contribution is -2.23. The van der Waals surface area contributed by atoms with Gasteiger partial charge in [-0.15, -0.1) is 11.3 Å². The normalized spacial score (nSPS) is 12.5. The van der Waals surface area contributed by atoms with Gasteiger partial charge in [-0.1, -0.05) is 12.1 Å². The number of nitrogens with one attached hydrogen (secondary N) is 2. The molecule has 0 unspecified atom stereocenters. The monoisotopic (exact) mass is 419 g/mol. The van der Waals surface area contributed by atoms with Crippen LogP contribution in [-0.4, -0.2) is 18.6 Å². The van der Waals surface area contributed by atoms with E-state index < -0.39 is 27.7 Å². The number of hydrogen-bond acceptors (Lipinski definition) is 4. The van der Waals surface area contributed by atoms with Crippen LogP contribution >= 0.6 is 11.3 Å². The van der Waals surface area contributed by atoms with Crippen molar-refractivity contribution in [2.24, 2.45) is 0 Å². The maximum Gasteiger partial charge on any atom is 0.432 e. The average Bonchev–Trinajstić information content (AvgIpc) is 3.21. The molecule has 0 spiro atoms. The van der Waals surface area contributed by atoms with Crippen LogP contribution in [-0.2, 0) is 22.7 Å². The summed E-state index contributed by atoms with van der Waals surface area (Å²) in [6.07, 6.45) is -4.57. The number of aromatic amines is 1. The van der Waals surface area contributed by atoms with E-state index in [4.69, 9.17) is 0 Å². The predicted octanol–water partition coefficient (Wildman–Crippen LogP) is 4.08. The molecule has 27 heavy (non-hydrogen) atoms. The van der Waals surface area contributed by atoms with Gasteiger partial charge < -0.3 is 0 Å². The maximum atomic E-state index is 12.9. The summed E-state index contributed by atoms with van der Waals surface area (Å²) in [5.41, 5.74) is -0.437. The fourth-order valence-electron chi connectivity index (χ4n) is 2.31. The molecule has 0 aliphatic carbocycles. The molecule has 0 atom stereocenters. The molecule has 0 saturated heterocycles. The summed E-state index contributed by atoms with van der Waals surface area (Å²) < 4.78 is 78.4. The number of benzene rings is 1. The smallest absolute Gasteiger partial charge is 0.273 e. The van der Waals surface area contributed by atoms with Gasteiger partial charge in [-0.05, 0) is 36.8 Å². The summed E-state index contributed by atoms with van der Waals surface area (Å²) >= 11 is 1.02. The third-order valence-electron chi connectivity index (χ3n) is 3.68. The van der Waals surface area contributed by atoms with Crippen molar-refractivity contribution in [3.63, 3.8) is 0 Å². The Kier molecular flexibility index (Phi) is 5.10. The minimum Gasteiger partial charge on any atom is -0.273 e. The Balaban J connectivity index is 1.82. The van der Waals surface area contributed by atoms with Gasteiger partial charge in [0.05, 0.1) is 9.77 Å². The molecule has 1 aromatic carbocycles.